The molecule has 0 bridgehead atoms. The fourth-order valence-corrected chi connectivity index (χ4v) is 4.82. The molecule has 11 nitrogen and oxygen atoms in total. The first-order valence-electron chi connectivity index (χ1n) is 12.5. The van der Waals surface area contributed by atoms with Crippen LogP contribution in [0.15, 0.2) is 59.3 Å². The molecule has 3 aromatic heterocycles. The number of alkyl halides is 3. The fraction of sp³-hybridized carbons (Fsp3) is 0.222. The highest BCUT2D eigenvalue weighted by molar-refractivity contribution is 5.97. The second-order valence-electron chi connectivity index (χ2n) is 9.56. The van der Waals surface area contributed by atoms with Crippen LogP contribution >= 0.6 is 0 Å². The van der Waals surface area contributed by atoms with Gasteiger partial charge in [-0.15, -0.1) is 5.10 Å². The lowest BCUT2D eigenvalue weighted by Gasteiger charge is -2.14. The Morgan fingerprint density at radius 1 is 1.05 bits per heavy atom. The van der Waals surface area contributed by atoms with E-state index >= 15 is 0 Å². The molecule has 0 saturated carbocycles. The highest BCUT2D eigenvalue weighted by Crippen LogP contribution is 2.35. The molecule has 5 aromatic rings. The Kier molecular flexibility index (Phi) is 6.44. The minimum atomic E-state index is -4.59. The third kappa shape index (κ3) is 5.23. The molecule has 0 radical (unpaired) electrons. The zero-order chi connectivity index (χ0) is 28.7. The number of fused-ring (bicyclic) bond motifs is 2. The first-order valence-corrected chi connectivity index (χ1v) is 12.5. The fourth-order valence-electron chi connectivity index (χ4n) is 4.82. The number of benzene rings is 2. The number of halogens is 3. The van der Waals surface area contributed by atoms with Crippen molar-refractivity contribution in [1.82, 2.24) is 40.8 Å². The summed E-state index contributed by atoms with van der Waals surface area (Å²) < 4.78 is 45.2. The number of aryl methyl sites for hydroxylation is 2. The van der Waals surface area contributed by atoms with E-state index in [0.29, 0.717) is 23.2 Å². The largest absolute Gasteiger partial charge is 0.451 e. The minimum absolute atomic E-state index is 0.00754. The van der Waals surface area contributed by atoms with Gasteiger partial charge < -0.3 is 15.1 Å². The number of aromatic nitrogens is 6. The van der Waals surface area contributed by atoms with E-state index in [2.05, 4.69) is 36.1 Å². The van der Waals surface area contributed by atoms with Crippen LogP contribution in [-0.2, 0) is 26.2 Å². The van der Waals surface area contributed by atoms with Crippen molar-refractivity contribution in [1.29, 1.82) is 0 Å². The second kappa shape index (κ2) is 10.1. The lowest BCUT2D eigenvalue weighted by Crippen LogP contribution is -2.29. The molecule has 1 aliphatic carbocycles. The average Bonchev–Trinajstić information content (AvgIpc) is 3.69. The molecule has 0 saturated heterocycles. The summed E-state index contributed by atoms with van der Waals surface area (Å²) in [4.78, 5) is 33.7. The van der Waals surface area contributed by atoms with Gasteiger partial charge in [0.25, 0.3) is 11.8 Å². The van der Waals surface area contributed by atoms with Crippen LogP contribution in [0, 0.1) is 0 Å². The highest BCUT2D eigenvalue weighted by atomic mass is 19.4. The van der Waals surface area contributed by atoms with E-state index < -0.39 is 23.8 Å². The second-order valence-corrected chi connectivity index (χ2v) is 9.56. The zero-order valence-electron chi connectivity index (χ0n) is 21.4. The van der Waals surface area contributed by atoms with Crippen LogP contribution in [0.3, 0.4) is 0 Å². The van der Waals surface area contributed by atoms with Crippen molar-refractivity contribution < 1.29 is 27.2 Å². The van der Waals surface area contributed by atoms with Crippen molar-refractivity contribution in [2.75, 3.05) is 0 Å². The van der Waals surface area contributed by atoms with Crippen LogP contribution < -0.4 is 10.6 Å². The standard InChI is InChI=1S/C27H21F3N8O3/c1-38-24(35-36-37-38)17-4-6-18-15(9-17)5-7-19(18)34-26(40)21-11-20(32-13-33-21)25(39)31-12-14-2-3-16-10-23(27(28,29)30)41-22(16)8-14/h2-4,6,8-11,13,19H,5,7,12H2,1H3,(H,31,39)(H,34,40)/t19-/m0/s1. The number of hydrogen-bond acceptors (Lipinski definition) is 8. The number of tetrazole rings is 1. The Hall–Kier alpha value is -5.14. The summed E-state index contributed by atoms with van der Waals surface area (Å²) in [6, 6.07) is 12.3. The summed E-state index contributed by atoms with van der Waals surface area (Å²) in [5.74, 6) is -1.48. The van der Waals surface area contributed by atoms with E-state index in [4.69, 9.17) is 4.42 Å². The lowest BCUT2D eigenvalue weighted by molar-refractivity contribution is -0.152. The Balaban J connectivity index is 1.10. The number of nitrogens with one attached hydrogen (secondary N) is 2. The van der Waals surface area contributed by atoms with Crippen molar-refractivity contribution in [3.8, 4) is 11.4 Å². The molecule has 1 atom stereocenters. The lowest BCUT2D eigenvalue weighted by atomic mass is 10.0. The summed E-state index contributed by atoms with van der Waals surface area (Å²) in [5.41, 5.74) is 3.53. The molecule has 2 aromatic carbocycles. The van der Waals surface area contributed by atoms with Gasteiger partial charge in [0.1, 0.15) is 23.3 Å². The van der Waals surface area contributed by atoms with Crippen LogP contribution in [0.5, 0.6) is 0 Å². The van der Waals surface area contributed by atoms with Gasteiger partial charge in [-0.25, -0.2) is 14.6 Å². The van der Waals surface area contributed by atoms with Gasteiger partial charge in [-0.2, -0.15) is 13.2 Å². The van der Waals surface area contributed by atoms with E-state index in [-0.39, 0.29) is 29.6 Å². The van der Waals surface area contributed by atoms with Crippen LogP contribution in [0.1, 0.15) is 55.9 Å². The van der Waals surface area contributed by atoms with Crippen LogP contribution in [0.2, 0.25) is 0 Å². The quantitative estimate of drug-likeness (QED) is 0.319. The van der Waals surface area contributed by atoms with Crippen LogP contribution in [0.4, 0.5) is 13.2 Å². The van der Waals surface area contributed by atoms with Gasteiger partial charge >= 0.3 is 6.18 Å². The van der Waals surface area contributed by atoms with Crippen molar-refractivity contribution in [2.24, 2.45) is 7.05 Å². The van der Waals surface area contributed by atoms with Crippen molar-refractivity contribution >= 4 is 22.8 Å². The molecule has 0 unspecified atom stereocenters. The molecular weight excluding hydrogens is 541 g/mol. The normalized spacial score (nSPS) is 14.7. The molecule has 2 amide bonds. The van der Waals surface area contributed by atoms with Gasteiger partial charge in [-0.1, -0.05) is 24.3 Å². The predicted molar refractivity (Wildman–Crippen MR) is 137 cm³/mol. The monoisotopic (exact) mass is 562 g/mol. The number of nitrogens with zero attached hydrogens (tertiary/aromatic N) is 6. The third-order valence-corrected chi connectivity index (χ3v) is 6.85. The minimum Gasteiger partial charge on any atom is -0.451 e. The molecule has 0 aliphatic heterocycles. The summed E-state index contributed by atoms with van der Waals surface area (Å²) >= 11 is 0. The maximum Gasteiger partial charge on any atom is 0.449 e. The molecule has 3 heterocycles. The van der Waals surface area contributed by atoms with E-state index in [0.717, 1.165) is 35.5 Å². The molecule has 14 heteroatoms. The molecule has 0 spiro atoms. The van der Waals surface area contributed by atoms with Crippen molar-refractivity contribution in [2.45, 2.75) is 31.6 Å². The molecule has 208 valence electrons. The van der Waals surface area contributed by atoms with E-state index in [1.54, 1.807) is 17.8 Å². The number of carbonyl (C=O) groups excluding carboxylic acids is 2. The average molecular weight is 563 g/mol. The Morgan fingerprint density at radius 3 is 2.61 bits per heavy atom. The van der Waals surface area contributed by atoms with Crippen molar-refractivity contribution in [3.05, 3.63) is 88.7 Å². The highest BCUT2D eigenvalue weighted by Gasteiger charge is 2.35. The number of furan rings is 1. The maximum atomic E-state index is 13.0. The number of carbonyl (C=O) groups is 2. The zero-order valence-corrected chi connectivity index (χ0v) is 21.4. The Morgan fingerprint density at radius 2 is 1.85 bits per heavy atom. The summed E-state index contributed by atoms with van der Waals surface area (Å²) in [6.07, 6.45) is -2.01. The Bertz CT molecular complexity index is 1800. The molecule has 6 rings (SSSR count). The summed E-state index contributed by atoms with van der Waals surface area (Å²) in [7, 11) is 1.76. The smallest absolute Gasteiger partial charge is 0.449 e. The van der Waals surface area contributed by atoms with E-state index in [1.807, 2.05) is 18.2 Å². The van der Waals surface area contributed by atoms with Crippen LogP contribution in [-0.4, -0.2) is 42.0 Å². The molecule has 1 aliphatic rings. The first kappa shape index (κ1) is 26.1. The van der Waals surface area contributed by atoms with Crippen LogP contribution in [0.25, 0.3) is 22.4 Å². The molecule has 0 fully saturated rings. The Labute approximate surface area is 229 Å². The number of amides is 2. The van der Waals surface area contributed by atoms with E-state index in [1.165, 1.54) is 18.2 Å². The van der Waals surface area contributed by atoms with Gasteiger partial charge in [0, 0.05) is 30.6 Å². The number of rotatable bonds is 6. The van der Waals surface area contributed by atoms with Gasteiger partial charge in [-0.3, -0.25) is 9.59 Å². The van der Waals surface area contributed by atoms with E-state index in [9.17, 15) is 22.8 Å². The number of hydrogen-bond donors (Lipinski definition) is 2. The molecule has 41 heavy (non-hydrogen) atoms. The predicted octanol–water partition coefficient (Wildman–Crippen LogP) is 3.78. The topological polar surface area (TPSA) is 141 Å². The summed E-state index contributed by atoms with van der Waals surface area (Å²) in [6.45, 7) is 0.00754. The first-order chi connectivity index (χ1) is 19.7. The molecular formula is C27H21F3N8O3. The van der Waals surface area contributed by atoms with Gasteiger partial charge in [-0.05, 0) is 58.2 Å². The molecule has 2 N–H and O–H groups in total. The maximum absolute atomic E-state index is 13.0. The third-order valence-electron chi connectivity index (χ3n) is 6.85. The van der Waals surface area contributed by atoms with Gasteiger partial charge in [0.05, 0.1) is 6.04 Å². The SMILES string of the molecule is Cn1nnnc1-c1ccc2c(c1)CC[C@@H]2NC(=O)c1cc(C(=O)NCc2ccc3cc(C(F)(F)F)oc3c2)ncn1. The van der Waals surface area contributed by atoms with Gasteiger partial charge in [0.15, 0.2) is 5.82 Å². The van der Waals surface area contributed by atoms with Crippen molar-refractivity contribution in [3.63, 3.8) is 0 Å². The van der Waals surface area contributed by atoms with Gasteiger partial charge in [0.2, 0.25) is 5.76 Å². The summed E-state index contributed by atoms with van der Waals surface area (Å²) in [5, 5.41) is 17.5.